The number of aromatic amines is 1. The Kier molecular flexibility index (Phi) is 2.37. The van der Waals surface area contributed by atoms with Crippen molar-refractivity contribution in [2.75, 3.05) is 14.2 Å². The monoisotopic (exact) mass is 255 g/mol. The van der Waals surface area contributed by atoms with Gasteiger partial charge in [0.25, 0.3) is 0 Å². The van der Waals surface area contributed by atoms with Crippen LogP contribution in [-0.4, -0.2) is 19.2 Å². The van der Waals surface area contributed by atoms with E-state index in [9.17, 15) is 0 Å². The molecule has 14 heavy (non-hydrogen) atoms. The Labute approximate surface area is 90.1 Å². The van der Waals surface area contributed by atoms with E-state index >= 15 is 0 Å². The maximum absolute atomic E-state index is 5.29. The van der Waals surface area contributed by atoms with Crippen LogP contribution in [0.5, 0.6) is 11.5 Å². The van der Waals surface area contributed by atoms with Gasteiger partial charge in [0.1, 0.15) is 11.5 Å². The third-order valence-corrected chi connectivity index (χ3v) is 2.73. The van der Waals surface area contributed by atoms with Gasteiger partial charge in [0.05, 0.1) is 24.2 Å². The number of methoxy groups -OCH3 is 2. The van der Waals surface area contributed by atoms with Crippen LogP contribution >= 0.6 is 15.9 Å². The van der Waals surface area contributed by atoms with Crippen LogP contribution in [0.25, 0.3) is 10.9 Å². The molecule has 0 aliphatic rings. The van der Waals surface area contributed by atoms with E-state index in [4.69, 9.17) is 9.47 Å². The van der Waals surface area contributed by atoms with Crippen LogP contribution < -0.4 is 9.47 Å². The molecule has 74 valence electrons. The minimum atomic E-state index is 0.803. The topological polar surface area (TPSA) is 34.2 Å². The van der Waals surface area contributed by atoms with E-state index in [2.05, 4.69) is 20.9 Å². The van der Waals surface area contributed by atoms with Crippen molar-refractivity contribution in [2.45, 2.75) is 0 Å². The number of rotatable bonds is 2. The Bertz CT molecular complexity index is 464. The fourth-order valence-corrected chi connectivity index (χ4v) is 2.10. The molecule has 1 aromatic heterocycles. The summed E-state index contributed by atoms with van der Waals surface area (Å²) in [5.41, 5.74) is 0.951. The fraction of sp³-hybridized carbons (Fsp3) is 0.200. The van der Waals surface area contributed by atoms with Crippen molar-refractivity contribution in [3.8, 4) is 11.5 Å². The van der Waals surface area contributed by atoms with Crippen LogP contribution in [0.2, 0.25) is 0 Å². The molecule has 2 rings (SSSR count). The number of H-pyrrole nitrogens is 1. The van der Waals surface area contributed by atoms with Gasteiger partial charge in [0, 0.05) is 17.6 Å². The molecule has 4 heteroatoms. The third kappa shape index (κ3) is 1.26. The number of aromatic nitrogens is 1. The number of halogens is 1. The first-order valence-electron chi connectivity index (χ1n) is 4.15. The zero-order valence-corrected chi connectivity index (χ0v) is 9.51. The predicted octanol–water partition coefficient (Wildman–Crippen LogP) is 2.95. The Morgan fingerprint density at radius 1 is 1.29 bits per heavy atom. The zero-order valence-electron chi connectivity index (χ0n) is 7.93. The maximum Gasteiger partial charge on any atom is 0.144 e. The summed E-state index contributed by atoms with van der Waals surface area (Å²) in [6.07, 6.45) is 1.86. The van der Waals surface area contributed by atoms with Gasteiger partial charge in [-0.15, -0.1) is 0 Å². The van der Waals surface area contributed by atoms with Crippen molar-refractivity contribution in [1.29, 1.82) is 0 Å². The Morgan fingerprint density at radius 3 is 2.71 bits per heavy atom. The summed E-state index contributed by atoms with van der Waals surface area (Å²) < 4.78 is 11.4. The lowest BCUT2D eigenvalue weighted by Gasteiger charge is -2.08. The lowest BCUT2D eigenvalue weighted by molar-refractivity contribution is 0.408. The van der Waals surface area contributed by atoms with Gasteiger partial charge in [0.15, 0.2) is 0 Å². The van der Waals surface area contributed by atoms with Crippen LogP contribution in [0.1, 0.15) is 0 Å². The van der Waals surface area contributed by atoms with Gasteiger partial charge in [-0.1, -0.05) is 0 Å². The molecule has 0 radical (unpaired) electrons. The van der Waals surface area contributed by atoms with E-state index in [0.29, 0.717) is 0 Å². The number of fused-ring (bicyclic) bond motifs is 1. The van der Waals surface area contributed by atoms with Crippen molar-refractivity contribution in [3.63, 3.8) is 0 Å². The standard InChI is InChI=1S/C10H10BrNO2/c1-13-8-5-7(11)10(14-2)6-3-4-12-9(6)8/h3-5,12H,1-2H3. The van der Waals surface area contributed by atoms with E-state index in [-0.39, 0.29) is 0 Å². The molecule has 0 atom stereocenters. The van der Waals surface area contributed by atoms with Crippen LogP contribution in [-0.2, 0) is 0 Å². The second-order valence-electron chi connectivity index (χ2n) is 2.86. The van der Waals surface area contributed by atoms with Crippen molar-refractivity contribution in [1.82, 2.24) is 4.98 Å². The summed E-state index contributed by atoms with van der Waals surface area (Å²) in [5.74, 6) is 1.62. The maximum atomic E-state index is 5.29. The molecule has 0 fully saturated rings. The molecular weight excluding hydrogens is 246 g/mol. The molecule has 0 unspecified atom stereocenters. The Morgan fingerprint density at radius 2 is 2.07 bits per heavy atom. The molecule has 0 amide bonds. The number of hydrogen-bond acceptors (Lipinski definition) is 2. The van der Waals surface area contributed by atoms with E-state index in [1.165, 1.54) is 0 Å². The first-order chi connectivity index (χ1) is 6.77. The third-order valence-electron chi connectivity index (χ3n) is 2.14. The molecule has 0 spiro atoms. The van der Waals surface area contributed by atoms with Gasteiger partial charge in [-0.2, -0.15) is 0 Å². The lowest BCUT2D eigenvalue weighted by Crippen LogP contribution is -1.89. The van der Waals surface area contributed by atoms with Crippen molar-refractivity contribution in [3.05, 3.63) is 22.8 Å². The summed E-state index contributed by atoms with van der Waals surface area (Å²) in [5, 5.41) is 1.01. The van der Waals surface area contributed by atoms with Crippen LogP contribution in [0.15, 0.2) is 22.8 Å². The first-order valence-corrected chi connectivity index (χ1v) is 4.94. The van der Waals surface area contributed by atoms with E-state index in [0.717, 1.165) is 26.9 Å². The SMILES string of the molecule is COc1c(Br)cc(OC)c2[nH]ccc12. The fourth-order valence-electron chi connectivity index (χ4n) is 1.51. The van der Waals surface area contributed by atoms with Crippen molar-refractivity contribution in [2.24, 2.45) is 0 Å². The van der Waals surface area contributed by atoms with Crippen LogP contribution in [0, 0.1) is 0 Å². The molecule has 0 aliphatic heterocycles. The number of ether oxygens (including phenoxy) is 2. The summed E-state index contributed by atoms with van der Waals surface area (Å²) in [4.78, 5) is 3.12. The minimum absolute atomic E-state index is 0.803. The largest absolute Gasteiger partial charge is 0.495 e. The van der Waals surface area contributed by atoms with Gasteiger partial charge >= 0.3 is 0 Å². The average molecular weight is 256 g/mol. The van der Waals surface area contributed by atoms with E-state index < -0.39 is 0 Å². The second-order valence-corrected chi connectivity index (χ2v) is 3.71. The molecule has 3 nitrogen and oxygen atoms in total. The summed E-state index contributed by atoms with van der Waals surface area (Å²) >= 11 is 3.44. The quantitative estimate of drug-likeness (QED) is 0.896. The Hall–Kier alpha value is -1.16. The highest BCUT2D eigenvalue weighted by Gasteiger charge is 2.11. The smallest absolute Gasteiger partial charge is 0.144 e. The lowest BCUT2D eigenvalue weighted by atomic mass is 10.2. The molecule has 1 aromatic carbocycles. The molecule has 0 aliphatic carbocycles. The van der Waals surface area contributed by atoms with Gasteiger partial charge in [-0.3, -0.25) is 0 Å². The molecule has 1 N–H and O–H groups in total. The van der Waals surface area contributed by atoms with Gasteiger partial charge in [-0.05, 0) is 22.0 Å². The van der Waals surface area contributed by atoms with Crippen LogP contribution in [0.4, 0.5) is 0 Å². The summed E-state index contributed by atoms with van der Waals surface area (Å²) in [6, 6.07) is 3.85. The number of benzene rings is 1. The summed E-state index contributed by atoms with van der Waals surface area (Å²) in [7, 11) is 3.30. The average Bonchev–Trinajstić information content (AvgIpc) is 2.65. The van der Waals surface area contributed by atoms with Crippen molar-refractivity contribution < 1.29 is 9.47 Å². The second kappa shape index (κ2) is 3.53. The first kappa shape index (κ1) is 9.40. The molecule has 0 saturated heterocycles. The molecular formula is C10H10BrNO2. The summed E-state index contributed by atoms with van der Waals surface area (Å²) in [6.45, 7) is 0. The van der Waals surface area contributed by atoms with E-state index in [1.54, 1.807) is 14.2 Å². The minimum Gasteiger partial charge on any atom is -0.495 e. The highest BCUT2D eigenvalue weighted by atomic mass is 79.9. The highest BCUT2D eigenvalue weighted by Crippen LogP contribution is 2.38. The number of hydrogen-bond donors (Lipinski definition) is 1. The number of nitrogens with one attached hydrogen (secondary N) is 1. The molecule has 2 aromatic rings. The Balaban J connectivity index is 2.81. The molecule has 0 bridgehead atoms. The molecule has 0 saturated carbocycles. The van der Waals surface area contributed by atoms with Gasteiger partial charge in [-0.25, -0.2) is 0 Å². The zero-order chi connectivity index (χ0) is 10.1. The predicted molar refractivity (Wildman–Crippen MR) is 59.1 cm³/mol. The van der Waals surface area contributed by atoms with E-state index in [1.807, 2.05) is 18.3 Å². The van der Waals surface area contributed by atoms with Gasteiger partial charge < -0.3 is 14.5 Å². The van der Waals surface area contributed by atoms with Crippen LogP contribution in [0.3, 0.4) is 0 Å². The normalized spacial score (nSPS) is 10.5. The molecule has 1 heterocycles. The van der Waals surface area contributed by atoms with Crippen molar-refractivity contribution >= 4 is 26.8 Å². The van der Waals surface area contributed by atoms with Gasteiger partial charge in [0.2, 0.25) is 0 Å². The highest BCUT2D eigenvalue weighted by molar-refractivity contribution is 9.10.